The number of fused-ring (bicyclic) bond motifs is 6. The lowest BCUT2D eigenvalue weighted by molar-refractivity contribution is 0.673. The highest BCUT2D eigenvalue weighted by molar-refractivity contribution is 6.72. The molecule has 0 saturated carbocycles. The second-order valence-corrected chi connectivity index (χ2v) is 14.8. The molecule has 59 heavy (non-hydrogen) atoms. The van der Waals surface area contributed by atoms with Crippen LogP contribution in [-0.2, 0) is 0 Å². The SMILES string of the molecule is [B]c1c([B])c([B])c2c(N(c3ccc(-c4ccc(-c5ccccc5)cc4)cc3)c3cccc(-c4cccc5oc6c7ccccc7ccc6c45)c3)c([B])c([B])c([B])c2c1[B]. The van der Waals surface area contributed by atoms with Gasteiger partial charge >= 0.3 is 0 Å². The molecule has 0 fully saturated rings. The number of benzene rings is 9. The molecule has 1 heterocycles. The molecule has 0 aliphatic rings. The molecular weight excluding hydrogens is 706 g/mol. The van der Waals surface area contributed by atoms with Gasteiger partial charge < -0.3 is 9.32 Å². The minimum absolute atomic E-state index is 0.126. The van der Waals surface area contributed by atoms with E-state index in [-0.39, 0.29) is 38.2 Å². The highest BCUT2D eigenvalue weighted by atomic mass is 16.3. The Hall–Kier alpha value is -6.45. The summed E-state index contributed by atoms with van der Waals surface area (Å²) in [4.78, 5) is 2.02. The standard InChI is InChI=1S/C50H26B7NO/c51-42-40-41(44(53)46(55)45(42)54)49(48(57)47(56)43(40)52)58(33-23-20-30(21-24-33)29-18-16-28(17-19-29)27-8-2-1-3-9-27)34-12-6-11-32(26-34)35-14-7-15-38-39(35)37-25-22-31-10-4-5-13-36(31)50(37)59-38/h1-26H. The van der Waals surface area contributed by atoms with Crippen molar-refractivity contribution in [1.82, 2.24) is 0 Å². The molecule has 14 radical (unpaired) electrons. The molecule has 258 valence electrons. The van der Waals surface area contributed by atoms with Gasteiger partial charge in [0.15, 0.2) is 0 Å². The molecule has 0 aliphatic heterocycles. The van der Waals surface area contributed by atoms with E-state index in [0.717, 1.165) is 77.5 Å². The summed E-state index contributed by atoms with van der Waals surface area (Å²) in [6.45, 7) is 0. The predicted molar refractivity (Wildman–Crippen MR) is 257 cm³/mol. The van der Waals surface area contributed by atoms with Crippen LogP contribution in [-0.4, -0.2) is 54.9 Å². The molecule has 0 N–H and O–H groups in total. The molecule has 0 aliphatic carbocycles. The van der Waals surface area contributed by atoms with Gasteiger partial charge in [-0.1, -0.05) is 143 Å². The molecule has 0 unspecified atom stereocenters. The molecule has 9 aromatic carbocycles. The topological polar surface area (TPSA) is 16.4 Å². The second-order valence-electron chi connectivity index (χ2n) is 14.8. The molecule has 0 saturated heterocycles. The van der Waals surface area contributed by atoms with Gasteiger partial charge in [-0.15, -0.1) is 16.4 Å². The van der Waals surface area contributed by atoms with E-state index in [2.05, 4.69) is 91.0 Å². The second kappa shape index (κ2) is 14.4. The fourth-order valence-electron chi connectivity index (χ4n) is 8.43. The monoisotopic (exact) mass is 733 g/mol. The molecule has 0 amide bonds. The Morgan fingerprint density at radius 3 is 1.61 bits per heavy atom. The molecule has 0 spiro atoms. The van der Waals surface area contributed by atoms with E-state index in [1.54, 1.807) is 0 Å². The lowest BCUT2D eigenvalue weighted by Gasteiger charge is -2.33. The predicted octanol–water partition coefficient (Wildman–Crippen LogP) is 5.92. The summed E-state index contributed by atoms with van der Waals surface area (Å²) in [5, 5.41) is 5.04. The molecule has 1 aromatic heterocycles. The van der Waals surface area contributed by atoms with E-state index in [4.69, 9.17) is 59.3 Å². The number of furan rings is 1. The molecular formula is C50H26B7NO. The van der Waals surface area contributed by atoms with Gasteiger partial charge in [0, 0.05) is 33.2 Å². The first kappa shape index (κ1) is 36.9. The quantitative estimate of drug-likeness (QED) is 0.198. The van der Waals surface area contributed by atoms with Crippen molar-refractivity contribution in [3.05, 3.63) is 158 Å². The summed E-state index contributed by atoms with van der Waals surface area (Å²) in [7, 11) is 46.7. The van der Waals surface area contributed by atoms with Crippen LogP contribution >= 0.6 is 0 Å². The van der Waals surface area contributed by atoms with Crippen molar-refractivity contribution in [3.8, 4) is 33.4 Å². The highest BCUT2D eigenvalue weighted by Crippen LogP contribution is 2.42. The van der Waals surface area contributed by atoms with Crippen molar-refractivity contribution in [2.75, 3.05) is 4.90 Å². The first-order chi connectivity index (χ1) is 28.7. The van der Waals surface area contributed by atoms with Gasteiger partial charge in [-0.25, -0.2) is 0 Å². The average Bonchev–Trinajstić information content (AvgIpc) is 3.68. The lowest BCUT2D eigenvalue weighted by atomic mass is 9.59. The van der Waals surface area contributed by atoms with Gasteiger partial charge in [0.05, 0.1) is 0 Å². The van der Waals surface area contributed by atoms with Gasteiger partial charge in [-0.05, 0) is 85.9 Å². The number of hydrogen-bond donors (Lipinski definition) is 0. The summed E-state index contributed by atoms with van der Waals surface area (Å²) in [6.07, 6.45) is 0. The summed E-state index contributed by atoms with van der Waals surface area (Å²) < 4.78 is 6.55. The van der Waals surface area contributed by atoms with E-state index < -0.39 is 0 Å². The number of hydrogen-bond acceptors (Lipinski definition) is 2. The smallest absolute Gasteiger partial charge is 0.143 e. The number of rotatable bonds is 6. The molecule has 0 bridgehead atoms. The Morgan fingerprint density at radius 1 is 0.356 bits per heavy atom. The first-order valence-corrected chi connectivity index (χ1v) is 19.2. The Kier molecular flexibility index (Phi) is 9.02. The Labute approximate surface area is 352 Å². The molecule has 0 atom stereocenters. The van der Waals surface area contributed by atoms with Crippen LogP contribution in [0.4, 0.5) is 17.1 Å². The van der Waals surface area contributed by atoms with Crippen molar-refractivity contribution in [3.63, 3.8) is 0 Å². The van der Waals surface area contributed by atoms with Crippen LogP contribution in [0.3, 0.4) is 0 Å². The number of anilines is 3. The molecule has 2 nitrogen and oxygen atoms in total. The van der Waals surface area contributed by atoms with E-state index >= 15 is 0 Å². The largest absolute Gasteiger partial charge is 0.455 e. The molecule has 9 heteroatoms. The zero-order chi connectivity index (χ0) is 40.5. The average molecular weight is 732 g/mol. The minimum atomic E-state index is 0.126. The van der Waals surface area contributed by atoms with Crippen molar-refractivity contribution in [1.29, 1.82) is 0 Å². The lowest BCUT2D eigenvalue weighted by Crippen LogP contribution is -2.52. The molecule has 10 rings (SSSR count). The van der Waals surface area contributed by atoms with Gasteiger partial charge in [0.2, 0.25) is 0 Å². The third-order valence-electron chi connectivity index (χ3n) is 11.5. The van der Waals surface area contributed by atoms with E-state index in [9.17, 15) is 0 Å². The maximum absolute atomic E-state index is 7.01. The maximum atomic E-state index is 7.01. The van der Waals surface area contributed by atoms with Crippen molar-refractivity contribution >= 4 is 154 Å². The Bertz CT molecular complexity index is 3280. The van der Waals surface area contributed by atoms with Crippen molar-refractivity contribution in [2.24, 2.45) is 0 Å². The van der Waals surface area contributed by atoms with Crippen molar-refractivity contribution < 1.29 is 4.42 Å². The minimum Gasteiger partial charge on any atom is -0.455 e. The van der Waals surface area contributed by atoms with E-state index in [1.165, 1.54) is 0 Å². The summed E-state index contributed by atoms with van der Waals surface area (Å²) >= 11 is 0. The summed E-state index contributed by atoms with van der Waals surface area (Å²) in [5.74, 6) is 0. The summed E-state index contributed by atoms with van der Waals surface area (Å²) in [6, 6.07) is 54.0. The van der Waals surface area contributed by atoms with Crippen molar-refractivity contribution in [2.45, 2.75) is 0 Å². The van der Waals surface area contributed by atoms with Crippen LogP contribution in [0.5, 0.6) is 0 Å². The van der Waals surface area contributed by atoms with Gasteiger partial charge in [-0.2, -0.15) is 0 Å². The van der Waals surface area contributed by atoms with Crippen LogP contribution in [0.15, 0.2) is 162 Å². The normalized spacial score (nSPS) is 11.5. The van der Waals surface area contributed by atoms with Gasteiger partial charge in [0.25, 0.3) is 0 Å². The Balaban J connectivity index is 1.18. The Morgan fingerprint density at radius 2 is 0.915 bits per heavy atom. The third kappa shape index (κ3) is 5.98. The highest BCUT2D eigenvalue weighted by Gasteiger charge is 2.24. The van der Waals surface area contributed by atoms with E-state index in [1.807, 2.05) is 71.6 Å². The van der Waals surface area contributed by atoms with Crippen LogP contribution in [0.1, 0.15) is 0 Å². The van der Waals surface area contributed by atoms with Crippen LogP contribution in [0.2, 0.25) is 0 Å². The fraction of sp³-hybridized carbons (Fsp3) is 0. The third-order valence-corrected chi connectivity index (χ3v) is 11.5. The van der Waals surface area contributed by atoms with Gasteiger partial charge in [0.1, 0.15) is 66.1 Å². The summed E-state index contributed by atoms with van der Waals surface area (Å²) in [5.41, 5.74) is 11.2. The van der Waals surface area contributed by atoms with Crippen LogP contribution in [0.25, 0.3) is 76.9 Å². The zero-order valence-corrected chi connectivity index (χ0v) is 31.9. The fourth-order valence-corrected chi connectivity index (χ4v) is 8.43. The number of nitrogens with zero attached hydrogens (tertiary/aromatic N) is 1. The molecule has 10 aromatic rings. The first-order valence-electron chi connectivity index (χ1n) is 19.2. The van der Waals surface area contributed by atoms with Crippen LogP contribution < -0.4 is 43.1 Å². The van der Waals surface area contributed by atoms with Crippen LogP contribution in [0, 0.1) is 0 Å². The zero-order valence-electron chi connectivity index (χ0n) is 31.9. The van der Waals surface area contributed by atoms with E-state index in [0.29, 0.717) is 16.5 Å². The maximum Gasteiger partial charge on any atom is 0.143 e. The van der Waals surface area contributed by atoms with Gasteiger partial charge in [-0.3, -0.25) is 0 Å².